The third-order valence-electron chi connectivity index (χ3n) is 5.36. The summed E-state index contributed by atoms with van der Waals surface area (Å²) in [4.78, 5) is 0.310. The Kier molecular flexibility index (Phi) is 6.65. The van der Waals surface area contributed by atoms with E-state index in [-0.39, 0.29) is 6.04 Å². The van der Waals surface area contributed by atoms with Crippen LogP contribution in [0.25, 0.3) is 0 Å². The molecule has 31 heavy (non-hydrogen) atoms. The number of nitrogens with zero attached hydrogens (tertiary/aromatic N) is 1. The maximum atomic E-state index is 12.7. The summed E-state index contributed by atoms with van der Waals surface area (Å²) in [6, 6.07) is 26.9. The third-order valence-corrected chi connectivity index (χ3v) is 7.49. The molecule has 0 aromatic heterocycles. The SMILES string of the molecule is O=S(=O)(c1ccc(NC(=S)NC(c2ccccc2)c2ccccc2)cc1)N1CCCC1. The van der Waals surface area contributed by atoms with Crippen LogP contribution in [0.5, 0.6) is 0 Å². The Morgan fingerprint density at radius 3 is 1.84 bits per heavy atom. The fraction of sp³-hybridized carbons (Fsp3) is 0.208. The van der Waals surface area contributed by atoms with E-state index < -0.39 is 10.0 Å². The van der Waals surface area contributed by atoms with Gasteiger partial charge in [0, 0.05) is 18.8 Å². The minimum absolute atomic E-state index is 0.0998. The zero-order valence-corrected chi connectivity index (χ0v) is 18.7. The highest BCUT2D eigenvalue weighted by molar-refractivity contribution is 7.89. The molecule has 1 saturated heterocycles. The molecule has 0 saturated carbocycles. The van der Waals surface area contributed by atoms with Gasteiger partial charge in [-0.3, -0.25) is 0 Å². The molecule has 1 aliphatic heterocycles. The van der Waals surface area contributed by atoms with E-state index in [0.29, 0.717) is 23.1 Å². The van der Waals surface area contributed by atoms with E-state index in [1.807, 2.05) is 36.4 Å². The summed E-state index contributed by atoms with van der Waals surface area (Å²) in [6.45, 7) is 1.19. The predicted octanol–water partition coefficient (Wildman–Crippen LogP) is 4.55. The van der Waals surface area contributed by atoms with Crippen LogP contribution in [0.15, 0.2) is 89.8 Å². The summed E-state index contributed by atoms with van der Waals surface area (Å²) in [5.74, 6) is 0. The van der Waals surface area contributed by atoms with Crippen LogP contribution < -0.4 is 10.6 Å². The van der Waals surface area contributed by atoms with Gasteiger partial charge in [0.1, 0.15) is 0 Å². The minimum atomic E-state index is -3.42. The summed E-state index contributed by atoms with van der Waals surface area (Å²) < 4.78 is 26.9. The smallest absolute Gasteiger partial charge is 0.243 e. The van der Waals surface area contributed by atoms with Crippen molar-refractivity contribution in [3.8, 4) is 0 Å². The first kappa shape index (κ1) is 21.5. The lowest BCUT2D eigenvalue weighted by atomic mass is 9.99. The van der Waals surface area contributed by atoms with Gasteiger partial charge in [-0.05, 0) is 60.5 Å². The van der Waals surface area contributed by atoms with Gasteiger partial charge in [0.15, 0.2) is 5.11 Å². The molecule has 2 N–H and O–H groups in total. The maximum Gasteiger partial charge on any atom is 0.243 e. The molecule has 3 aromatic carbocycles. The van der Waals surface area contributed by atoms with Crippen LogP contribution in [0.4, 0.5) is 5.69 Å². The average Bonchev–Trinajstić information content (AvgIpc) is 3.35. The quantitative estimate of drug-likeness (QED) is 0.539. The molecule has 3 aromatic rings. The Bertz CT molecular complexity index is 1070. The van der Waals surface area contributed by atoms with Gasteiger partial charge in [0.2, 0.25) is 10.0 Å². The first-order valence-corrected chi connectivity index (χ1v) is 12.2. The van der Waals surface area contributed by atoms with Gasteiger partial charge in [-0.2, -0.15) is 4.31 Å². The fourth-order valence-electron chi connectivity index (χ4n) is 3.74. The topological polar surface area (TPSA) is 61.4 Å². The molecule has 0 unspecified atom stereocenters. The molecule has 7 heteroatoms. The van der Waals surface area contributed by atoms with Crippen LogP contribution in [0.3, 0.4) is 0 Å². The van der Waals surface area contributed by atoms with E-state index in [1.165, 1.54) is 0 Å². The molecule has 4 rings (SSSR count). The molecule has 0 aliphatic carbocycles. The molecule has 0 amide bonds. The highest BCUT2D eigenvalue weighted by atomic mass is 32.2. The average molecular weight is 452 g/mol. The van der Waals surface area contributed by atoms with Gasteiger partial charge in [-0.1, -0.05) is 60.7 Å². The van der Waals surface area contributed by atoms with Crippen molar-refractivity contribution >= 4 is 33.0 Å². The van der Waals surface area contributed by atoms with Gasteiger partial charge in [-0.15, -0.1) is 0 Å². The number of nitrogens with one attached hydrogen (secondary N) is 2. The summed E-state index contributed by atoms with van der Waals surface area (Å²) in [5.41, 5.74) is 2.94. The van der Waals surface area contributed by atoms with E-state index in [9.17, 15) is 8.42 Å². The molecule has 0 bridgehead atoms. The lowest BCUT2D eigenvalue weighted by molar-refractivity contribution is 0.477. The third kappa shape index (κ3) is 5.12. The Morgan fingerprint density at radius 1 is 0.806 bits per heavy atom. The fourth-order valence-corrected chi connectivity index (χ4v) is 5.49. The number of rotatable bonds is 6. The largest absolute Gasteiger partial charge is 0.352 e. The van der Waals surface area contributed by atoms with Crippen LogP contribution in [-0.4, -0.2) is 30.9 Å². The van der Waals surface area contributed by atoms with Crippen molar-refractivity contribution in [2.24, 2.45) is 0 Å². The van der Waals surface area contributed by atoms with Crippen molar-refractivity contribution in [1.29, 1.82) is 0 Å². The molecule has 160 valence electrons. The van der Waals surface area contributed by atoms with Crippen LogP contribution in [0.1, 0.15) is 30.0 Å². The second kappa shape index (κ2) is 9.60. The lowest BCUT2D eigenvalue weighted by Gasteiger charge is -2.22. The number of anilines is 1. The van der Waals surface area contributed by atoms with Crippen LogP contribution in [0, 0.1) is 0 Å². The van der Waals surface area contributed by atoms with Crippen molar-refractivity contribution in [2.45, 2.75) is 23.8 Å². The lowest BCUT2D eigenvalue weighted by Crippen LogP contribution is -2.33. The van der Waals surface area contributed by atoms with Gasteiger partial charge >= 0.3 is 0 Å². The molecular formula is C24H25N3O2S2. The van der Waals surface area contributed by atoms with Crippen LogP contribution in [-0.2, 0) is 10.0 Å². The van der Waals surface area contributed by atoms with E-state index in [4.69, 9.17) is 12.2 Å². The Balaban J connectivity index is 1.47. The van der Waals surface area contributed by atoms with Crippen molar-refractivity contribution in [3.63, 3.8) is 0 Å². The summed E-state index contributed by atoms with van der Waals surface area (Å²) in [6.07, 6.45) is 1.84. The van der Waals surface area contributed by atoms with Crippen molar-refractivity contribution in [2.75, 3.05) is 18.4 Å². The normalized spacial score (nSPS) is 14.5. The van der Waals surface area contributed by atoms with Crippen LogP contribution >= 0.6 is 12.2 Å². The highest BCUT2D eigenvalue weighted by Crippen LogP contribution is 2.24. The predicted molar refractivity (Wildman–Crippen MR) is 129 cm³/mol. The van der Waals surface area contributed by atoms with Gasteiger partial charge in [0.25, 0.3) is 0 Å². The zero-order valence-electron chi connectivity index (χ0n) is 17.1. The molecule has 0 spiro atoms. The van der Waals surface area contributed by atoms with E-state index >= 15 is 0 Å². The molecule has 1 fully saturated rings. The van der Waals surface area contributed by atoms with Gasteiger partial charge in [-0.25, -0.2) is 8.42 Å². The summed E-state index contributed by atoms with van der Waals surface area (Å²) >= 11 is 5.56. The van der Waals surface area contributed by atoms with Crippen molar-refractivity contribution in [3.05, 3.63) is 96.1 Å². The second-order valence-electron chi connectivity index (χ2n) is 7.49. The molecule has 1 aliphatic rings. The molecule has 0 radical (unpaired) electrons. The summed E-state index contributed by atoms with van der Waals surface area (Å²) in [7, 11) is -3.42. The number of hydrogen-bond acceptors (Lipinski definition) is 3. The number of benzene rings is 3. The summed E-state index contributed by atoms with van der Waals surface area (Å²) in [5, 5.41) is 7.02. The second-order valence-corrected chi connectivity index (χ2v) is 9.83. The maximum absolute atomic E-state index is 12.7. The van der Waals surface area contributed by atoms with Crippen molar-refractivity contribution in [1.82, 2.24) is 9.62 Å². The molecule has 5 nitrogen and oxygen atoms in total. The molecule has 1 heterocycles. The number of thiocarbonyl (C=S) groups is 1. The number of hydrogen-bond donors (Lipinski definition) is 2. The highest BCUT2D eigenvalue weighted by Gasteiger charge is 2.27. The Morgan fingerprint density at radius 2 is 1.32 bits per heavy atom. The van der Waals surface area contributed by atoms with E-state index in [0.717, 1.165) is 29.7 Å². The molecular weight excluding hydrogens is 426 g/mol. The number of sulfonamides is 1. The standard InChI is InChI=1S/C24H25N3O2S2/c28-31(29,27-17-7-8-18-27)22-15-13-21(14-16-22)25-24(30)26-23(19-9-3-1-4-10-19)20-11-5-2-6-12-20/h1-6,9-16,23H,7-8,17-18H2,(H2,25,26,30). The van der Waals surface area contributed by atoms with Gasteiger partial charge in [0.05, 0.1) is 10.9 Å². The van der Waals surface area contributed by atoms with E-state index in [2.05, 4.69) is 34.9 Å². The van der Waals surface area contributed by atoms with Gasteiger partial charge < -0.3 is 10.6 Å². The first-order valence-electron chi connectivity index (χ1n) is 10.3. The first-order chi connectivity index (χ1) is 15.0. The Hall–Kier alpha value is -2.74. The van der Waals surface area contributed by atoms with Crippen LogP contribution in [0.2, 0.25) is 0 Å². The molecule has 0 atom stereocenters. The minimum Gasteiger partial charge on any atom is -0.352 e. The zero-order chi connectivity index (χ0) is 21.7. The van der Waals surface area contributed by atoms with Crippen molar-refractivity contribution < 1.29 is 8.42 Å². The Labute approximate surface area is 189 Å². The monoisotopic (exact) mass is 451 g/mol. The van der Waals surface area contributed by atoms with E-state index in [1.54, 1.807) is 28.6 Å².